The Morgan fingerprint density at radius 1 is 1.20 bits per heavy atom. The Balaban J connectivity index is 2.03. The lowest BCUT2D eigenvalue weighted by molar-refractivity contribution is 0.0975. The van der Waals surface area contributed by atoms with E-state index in [9.17, 15) is 4.79 Å². The summed E-state index contributed by atoms with van der Waals surface area (Å²) in [5.41, 5.74) is 9.32. The minimum Gasteiger partial charge on any atom is -0.399 e. The van der Waals surface area contributed by atoms with Crippen LogP contribution in [-0.2, 0) is 6.42 Å². The van der Waals surface area contributed by atoms with Crippen LogP contribution < -0.4 is 10.6 Å². The van der Waals surface area contributed by atoms with E-state index < -0.39 is 0 Å². The lowest BCUT2D eigenvalue weighted by atomic mass is 9.95. The Morgan fingerprint density at radius 2 is 2.00 bits per heavy atom. The maximum absolute atomic E-state index is 12.8. The van der Waals surface area contributed by atoms with Crippen molar-refractivity contribution >= 4 is 17.3 Å². The van der Waals surface area contributed by atoms with E-state index in [1.165, 1.54) is 5.56 Å². The number of benzene rings is 2. The number of hydrogen-bond acceptors (Lipinski definition) is 2. The number of aryl methyl sites for hydroxylation is 1. The number of carbonyl (C=O) groups is 1. The molecule has 1 heterocycles. The summed E-state index contributed by atoms with van der Waals surface area (Å²) in [7, 11) is 0. The summed E-state index contributed by atoms with van der Waals surface area (Å²) in [6.07, 6.45) is 2.02. The van der Waals surface area contributed by atoms with Gasteiger partial charge in [-0.2, -0.15) is 0 Å². The molecule has 0 radical (unpaired) electrons. The molecule has 1 unspecified atom stereocenters. The Kier molecular flexibility index (Phi) is 3.18. The summed E-state index contributed by atoms with van der Waals surface area (Å²) in [5, 5.41) is 0. The molecule has 102 valence electrons. The number of nitrogens with zero attached hydrogens (tertiary/aromatic N) is 1. The predicted octanol–water partition coefficient (Wildman–Crippen LogP) is 3.25. The van der Waals surface area contributed by atoms with Gasteiger partial charge in [0.25, 0.3) is 5.91 Å². The lowest BCUT2D eigenvalue weighted by Gasteiger charge is -2.35. The molecular weight excluding hydrogens is 248 g/mol. The number of nitrogens with two attached hydrogens (primary N) is 1. The molecule has 0 aliphatic carbocycles. The fraction of sp³-hybridized carbons (Fsp3) is 0.235. The van der Waals surface area contributed by atoms with Gasteiger partial charge in [-0.1, -0.05) is 24.3 Å². The molecule has 1 atom stereocenters. The lowest BCUT2D eigenvalue weighted by Crippen LogP contribution is -2.42. The first kappa shape index (κ1) is 12.7. The SMILES string of the molecule is CC1CCc2ccccc2N1C(=O)c1cccc(N)c1. The zero-order valence-corrected chi connectivity index (χ0v) is 11.5. The normalized spacial score (nSPS) is 17.6. The standard InChI is InChI=1S/C17H18N2O/c1-12-9-10-13-5-2-3-8-16(13)19(12)17(20)14-6-4-7-15(18)11-14/h2-8,11-12H,9-10,18H2,1H3. The largest absolute Gasteiger partial charge is 0.399 e. The molecule has 20 heavy (non-hydrogen) atoms. The Labute approximate surface area is 119 Å². The molecule has 2 N–H and O–H groups in total. The quantitative estimate of drug-likeness (QED) is 0.805. The third-order valence-electron chi connectivity index (χ3n) is 3.88. The van der Waals surface area contributed by atoms with Crippen molar-refractivity contribution in [2.45, 2.75) is 25.8 Å². The highest BCUT2D eigenvalue weighted by Crippen LogP contribution is 2.31. The third kappa shape index (κ3) is 2.16. The second-order valence-corrected chi connectivity index (χ2v) is 5.32. The van der Waals surface area contributed by atoms with E-state index in [0.717, 1.165) is 18.5 Å². The molecule has 3 nitrogen and oxygen atoms in total. The molecular formula is C17H18N2O. The summed E-state index contributed by atoms with van der Waals surface area (Å²) in [4.78, 5) is 14.7. The van der Waals surface area contributed by atoms with Crippen LogP contribution in [-0.4, -0.2) is 11.9 Å². The zero-order valence-electron chi connectivity index (χ0n) is 11.5. The molecule has 0 fully saturated rings. The van der Waals surface area contributed by atoms with Crippen molar-refractivity contribution in [2.24, 2.45) is 0 Å². The molecule has 0 bridgehead atoms. The molecule has 3 rings (SSSR count). The monoisotopic (exact) mass is 266 g/mol. The zero-order chi connectivity index (χ0) is 14.1. The first-order valence-electron chi connectivity index (χ1n) is 6.94. The van der Waals surface area contributed by atoms with E-state index in [-0.39, 0.29) is 11.9 Å². The summed E-state index contributed by atoms with van der Waals surface area (Å²) >= 11 is 0. The topological polar surface area (TPSA) is 46.3 Å². The highest BCUT2D eigenvalue weighted by Gasteiger charge is 2.28. The second-order valence-electron chi connectivity index (χ2n) is 5.32. The molecule has 3 heteroatoms. The van der Waals surface area contributed by atoms with E-state index in [1.54, 1.807) is 12.1 Å². The average Bonchev–Trinajstić information content (AvgIpc) is 2.46. The van der Waals surface area contributed by atoms with Crippen LogP contribution in [0.4, 0.5) is 11.4 Å². The smallest absolute Gasteiger partial charge is 0.258 e. The molecule has 2 aromatic carbocycles. The summed E-state index contributed by atoms with van der Waals surface area (Å²) < 4.78 is 0. The van der Waals surface area contributed by atoms with Crippen molar-refractivity contribution in [1.29, 1.82) is 0 Å². The highest BCUT2D eigenvalue weighted by molar-refractivity contribution is 6.07. The average molecular weight is 266 g/mol. The molecule has 0 spiro atoms. The Morgan fingerprint density at radius 3 is 2.80 bits per heavy atom. The van der Waals surface area contributed by atoms with Crippen LogP contribution in [0.2, 0.25) is 0 Å². The fourth-order valence-electron chi connectivity index (χ4n) is 2.81. The van der Waals surface area contributed by atoms with Gasteiger partial charge in [-0.25, -0.2) is 0 Å². The predicted molar refractivity (Wildman–Crippen MR) is 81.9 cm³/mol. The minimum atomic E-state index is 0.0250. The molecule has 0 saturated heterocycles. The number of amides is 1. The minimum absolute atomic E-state index is 0.0250. The molecule has 1 aliphatic heterocycles. The van der Waals surface area contributed by atoms with Crippen LogP contribution in [0.5, 0.6) is 0 Å². The first-order chi connectivity index (χ1) is 9.66. The van der Waals surface area contributed by atoms with Crippen molar-refractivity contribution in [3.63, 3.8) is 0 Å². The number of para-hydroxylation sites is 1. The highest BCUT2D eigenvalue weighted by atomic mass is 16.2. The third-order valence-corrected chi connectivity index (χ3v) is 3.88. The van der Waals surface area contributed by atoms with Crippen LogP contribution in [0.3, 0.4) is 0 Å². The molecule has 1 amide bonds. The van der Waals surface area contributed by atoms with Crippen LogP contribution in [0, 0.1) is 0 Å². The first-order valence-corrected chi connectivity index (χ1v) is 6.94. The van der Waals surface area contributed by atoms with Gasteiger partial charge in [-0.15, -0.1) is 0 Å². The van der Waals surface area contributed by atoms with Gasteiger partial charge in [0, 0.05) is 23.0 Å². The summed E-state index contributed by atoms with van der Waals surface area (Å²) in [6, 6.07) is 15.5. The van der Waals surface area contributed by atoms with E-state index >= 15 is 0 Å². The Hall–Kier alpha value is -2.29. The van der Waals surface area contributed by atoms with Gasteiger partial charge >= 0.3 is 0 Å². The van der Waals surface area contributed by atoms with Crippen LogP contribution in [0.15, 0.2) is 48.5 Å². The molecule has 0 aromatic heterocycles. The number of nitrogen functional groups attached to an aromatic ring is 1. The van der Waals surface area contributed by atoms with Crippen LogP contribution in [0.25, 0.3) is 0 Å². The number of hydrogen-bond donors (Lipinski definition) is 1. The molecule has 1 aliphatic rings. The van der Waals surface area contributed by atoms with Gasteiger partial charge in [-0.3, -0.25) is 4.79 Å². The van der Waals surface area contributed by atoms with Gasteiger partial charge in [-0.05, 0) is 49.6 Å². The van der Waals surface area contributed by atoms with Crippen molar-refractivity contribution in [2.75, 3.05) is 10.6 Å². The van der Waals surface area contributed by atoms with E-state index in [0.29, 0.717) is 11.3 Å². The molecule has 0 saturated carbocycles. The van der Waals surface area contributed by atoms with Crippen LogP contribution in [0.1, 0.15) is 29.3 Å². The van der Waals surface area contributed by atoms with E-state index in [1.807, 2.05) is 35.2 Å². The number of rotatable bonds is 1. The second kappa shape index (κ2) is 5.00. The van der Waals surface area contributed by atoms with Crippen molar-refractivity contribution in [3.8, 4) is 0 Å². The molecule has 2 aromatic rings. The number of carbonyl (C=O) groups excluding carboxylic acids is 1. The fourth-order valence-corrected chi connectivity index (χ4v) is 2.81. The Bertz CT molecular complexity index is 651. The number of fused-ring (bicyclic) bond motifs is 1. The van der Waals surface area contributed by atoms with E-state index in [4.69, 9.17) is 5.73 Å². The van der Waals surface area contributed by atoms with Gasteiger partial charge < -0.3 is 10.6 Å². The van der Waals surface area contributed by atoms with Gasteiger partial charge in [0.2, 0.25) is 0 Å². The van der Waals surface area contributed by atoms with Crippen LogP contribution >= 0.6 is 0 Å². The summed E-state index contributed by atoms with van der Waals surface area (Å²) in [6.45, 7) is 2.10. The van der Waals surface area contributed by atoms with Gasteiger partial charge in [0.05, 0.1) is 0 Å². The van der Waals surface area contributed by atoms with Crippen molar-refractivity contribution in [3.05, 3.63) is 59.7 Å². The van der Waals surface area contributed by atoms with Gasteiger partial charge in [0.15, 0.2) is 0 Å². The maximum atomic E-state index is 12.8. The summed E-state index contributed by atoms with van der Waals surface area (Å²) in [5.74, 6) is 0.0250. The van der Waals surface area contributed by atoms with Crippen molar-refractivity contribution < 1.29 is 4.79 Å². The van der Waals surface area contributed by atoms with Gasteiger partial charge in [0.1, 0.15) is 0 Å². The maximum Gasteiger partial charge on any atom is 0.258 e. The van der Waals surface area contributed by atoms with Crippen molar-refractivity contribution in [1.82, 2.24) is 0 Å². The van der Waals surface area contributed by atoms with E-state index in [2.05, 4.69) is 13.0 Å². The number of anilines is 2.